The normalized spacial score (nSPS) is 20.2. The van der Waals surface area contributed by atoms with Crippen LogP contribution in [0.15, 0.2) is 24.3 Å². The molecule has 0 amide bonds. The van der Waals surface area contributed by atoms with E-state index in [-0.39, 0.29) is 11.6 Å². The predicted molar refractivity (Wildman–Crippen MR) is 66.6 cm³/mol. The third-order valence-electron chi connectivity index (χ3n) is 3.59. The summed E-state index contributed by atoms with van der Waals surface area (Å²) in [6.45, 7) is 0. The van der Waals surface area contributed by atoms with Crippen LogP contribution in [0.2, 0.25) is 5.02 Å². The van der Waals surface area contributed by atoms with Crippen LogP contribution in [0.1, 0.15) is 37.3 Å². The molecular weight excluding hydrogens is 222 g/mol. The van der Waals surface area contributed by atoms with Crippen LogP contribution in [0.3, 0.4) is 0 Å². The van der Waals surface area contributed by atoms with Gasteiger partial charge in [-0.25, -0.2) is 0 Å². The van der Waals surface area contributed by atoms with Crippen LogP contribution in [-0.2, 0) is 4.74 Å². The fourth-order valence-corrected chi connectivity index (χ4v) is 2.63. The molecule has 0 radical (unpaired) electrons. The monoisotopic (exact) mass is 239 g/mol. The summed E-state index contributed by atoms with van der Waals surface area (Å²) in [5.41, 5.74) is 7.22. The standard InChI is InChI=1S/C13H18ClNO/c1-16-13(7-4-8-13)9-12(15)10-5-2-3-6-11(10)14/h2-3,5-6,12H,4,7-9,15H2,1H3. The van der Waals surface area contributed by atoms with Gasteiger partial charge >= 0.3 is 0 Å². The Morgan fingerprint density at radius 2 is 2.12 bits per heavy atom. The molecular formula is C13H18ClNO. The van der Waals surface area contributed by atoms with Crippen LogP contribution >= 0.6 is 11.6 Å². The van der Waals surface area contributed by atoms with Gasteiger partial charge in [-0.15, -0.1) is 0 Å². The average Bonchev–Trinajstić information content (AvgIpc) is 2.24. The molecule has 3 heteroatoms. The molecule has 2 nitrogen and oxygen atoms in total. The van der Waals surface area contributed by atoms with E-state index in [1.165, 1.54) is 6.42 Å². The highest BCUT2D eigenvalue weighted by atomic mass is 35.5. The Morgan fingerprint density at radius 1 is 1.44 bits per heavy atom. The highest BCUT2D eigenvalue weighted by Crippen LogP contribution is 2.41. The van der Waals surface area contributed by atoms with E-state index in [0.29, 0.717) is 0 Å². The number of benzene rings is 1. The lowest BCUT2D eigenvalue weighted by Crippen LogP contribution is -2.41. The lowest BCUT2D eigenvalue weighted by atomic mass is 9.75. The van der Waals surface area contributed by atoms with E-state index in [1.54, 1.807) is 7.11 Å². The number of hydrogen-bond donors (Lipinski definition) is 1. The highest BCUT2D eigenvalue weighted by Gasteiger charge is 2.38. The third kappa shape index (κ3) is 2.24. The van der Waals surface area contributed by atoms with Crippen molar-refractivity contribution < 1.29 is 4.74 Å². The Labute approximate surface area is 102 Å². The smallest absolute Gasteiger partial charge is 0.0696 e. The molecule has 1 atom stereocenters. The lowest BCUT2D eigenvalue weighted by molar-refractivity contribution is -0.0816. The van der Waals surface area contributed by atoms with Crippen molar-refractivity contribution in [3.63, 3.8) is 0 Å². The summed E-state index contributed by atoms with van der Waals surface area (Å²) < 4.78 is 5.58. The van der Waals surface area contributed by atoms with Gasteiger partial charge in [-0.1, -0.05) is 29.8 Å². The number of halogens is 1. The maximum absolute atomic E-state index is 6.20. The number of nitrogens with two attached hydrogens (primary N) is 1. The first-order chi connectivity index (χ1) is 7.67. The molecule has 1 saturated carbocycles. The third-order valence-corrected chi connectivity index (χ3v) is 3.94. The van der Waals surface area contributed by atoms with Crippen molar-refractivity contribution in [2.24, 2.45) is 5.73 Å². The lowest BCUT2D eigenvalue weighted by Gasteiger charge is -2.42. The molecule has 1 aromatic carbocycles. The molecule has 88 valence electrons. The summed E-state index contributed by atoms with van der Waals surface area (Å²) in [7, 11) is 1.78. The van der Waals surface area contributed by atoms with E-state index >= 15 is 0 Å². The fourth-order valence-electron chi connectivity index (χ4n) is 2.35. The van der Waals surface area contributed by atoms with Gasteiger partial charge in [0.25, 0.3) is 0 Å². The number of methoxy groups -OCH3 is 1. The molecule has 0 spiro atoms. The summed E-state index contributed by atoms with van der Waals surface area (Å²) >= 11 is 6.13. The first-order valence-electron chi connectivity index (χ1n) is 5.72. The van der Waals surface area contributed by atoms with Crippen molar-refractivity contribution in [3.05, 3.63) is 34.9 Å². The fraction of sp³-hybridized carbons (Fsp3) is 0.538. The van der Waals surface area contributed by atoms with E-state index in [1.807, 2.05) is 24.3 Å². The quantitative estimate of drug-likeness (QED) is 0.875. The maximum Gasteiger partial charge on any atom is 0.0696 e. The molecule has 2 N–H and O–H groups in total. The van der Waals surface area contributed by atoms with E-state index in [4.69, 9.17) is 22.1 Å². The number of rotatable bonds is 4. The van der Waals surface area contributed by atoms with Gasteiger partial charge in [0.1, 0.15) is 0 Å². The van der Waals surface area contributed by atoms with Gasteiger partial charge in [0.2, 0.25) is 0 Å². The molecule has 1 aliphatic carbocycles. The van der Waals surface area contributed by atoms with Gasteiger partial charge in [0.15, 0.2) is 0 Å². The molecule has 2 rings (SSSR count). The maximum atomic E-state index is 6.20. The molecule has 1 unspecified atom stereocenters. The van der Waals surface area contributed by atoms with Crippen molar-refractivity contribution in [2.45, 2.75) is 37.3 Å². The van der Waals surface area contributed by atoms with E-state index < -0.39 is 0 Å². The van der Waals surface area contributed by atoms with Crippen molar-refractivity contribution in [1.82, 2.24) is 0 Å². The molecule has 1 aromatic rings. The average molecular weight is 240 g/mol. The van der Waals surface area contributed by atoms with Gasteiger partial charge in [0, 0.05) is 18.2 Å². The van der Waals surface area contributed by atoms with E-state index in [0.717, 1.165) is 29.8 Å². The minimum atomic E-state index is -0.0334. The van der Waals surface area contributed by atoms with Crippen LogP contribution in [-0.4, -0.2) is 12.7 Å². The Bertz CT molecular complexity index is 357. The van der Waals surface area contributed by atoms with Gasteiger partial charge in [-0.05, 0) is 37.3 Å². The van der Waals surface area contributed by atoms with Crippen molar-refractivity contribution >= 4 is 11.6 Å². The minimum Gasteiger partial charge on any atom is -0.378 e. The minimum absolute atomic E-state index is 0.00140. The number of hydrogen-bond acceptors (Lipinski definition) is 2. The van der Waals surface area contributed by atoms with Gasteiger partial charge in [0.05, 0.1) is 5.60 Å². The van der Waals surface area contributed by atoms with Crippen molar-refractivity contribution in [3.8, 4) is 0 Å². The van der Waals surface area contributed by atoms with Crippen LogP contribution < -0.4 is 5.73 Å². The Hall–Kier alpha value is -0.570. The molecule has 0 aliphatic heterocycles. The van der Waals surface area contributed by atoms with Crippen molar-refractivity contribution in [2.75, 3.05) is 7.11 Å². The molecule has 0 heterocycles. The van der Waals surface area contributed by atoms with Crippen LogP contribution in [0.4, 0.5) is 0 Å². The second kappa shape index (κ2) is 4.74. The van der Waals surface area contributed by atoms with Crippen LogP contribution in [0, 0.1) is 0 Å². The summed E-state index contributed by atoms with van der Waals surface area (Å²) in [5.74, 6) is 0. The second-order valence-electron chi connectivity index (χ2n) is 4.57. The highest BCUT2D eigenvalue weighted by molar-refractivity contribution is 6.31. The molecule has 0 saturated heterocycles. The second-order valence-corrected chi connectivity index (χ2v) is 4.98. The van der Waals surface area contributed by atoms with Crippen LogP contribution in [0.25, 0.3) is 0 Å². The Morgan fingerprint density at radius 3 is 2.62 bits per heavy atom. The predicted octanol–water partition coefficient (Wildman–Crippen LogP) is 3.30. The topological polar surface area (TPSA) is 35.2 Å². The molecule has 1 fully saturated rings. The van der Waals surface area contributed by atoms with Gasteiger partial charge in [-0.3, -0.25) is 0 Å². The zero-order valence-electron chi connectivity index (χ0n) is 9.58. The molecule has 0 aromatic heterocycles. The summed E-state index contributed by atoms with van der Waals surface area (Å²) in [6.07, 6.45) is 4.32. The number of ether oxygens (including phenoxy) is 1. The van der Waals surface area contributed by atoms with Crippen LogP contribution in [0.5, 0.6) is 0 Å². The zero-order valence-corrected chi connectivity index (χ0v) is 10.3. The van der Waals surface area contributed by atoms with E-state index in [2.05, 4.69) is 0 Å². The molecule has 16 heavy (non-hydrogen) atoms. The van der Waals surface area contributed by atoms with Crippen molar-refractivity contribution in [1.29, 1.82) is 0 Å². The first-order valence-corrected chi connectivity index (χ1v) is 6.10. The first kappa shape index (κ1) is 11.9. The SMILES string of the molecule is COC1(CC(N)c2ccccc2Cl)CCC1. The Kier molecular flexibility index (Phi) is 3.53. The zero-order chi connectivity index (χ0) is 11.6. The Balaban J connectivity index is 2.08. The van der Waals surface area contributed by atoms with Gasteiger partial charge in [-0.2, -0.15) is 0 Å². The largest absolute Gasteiger partial charge is 0.378 e. The summed E-state index contributed by atoms with van der Waals surface area (Å²) in [5, 5.41) is 0.751. The molecule has 1 aliphatic rings. The van der Waals surface area contributed by atoms with Gasteiger partial charge < -0.3 is 10.5 Å². The summed E-state index contributed by atoms with van der Waals surface area (Å²) in [4.78, 5) is 0. The van der Waals surface area contributed by atoms with E-state index in [9.17, 15) is 0 Å². The summed E-state index contributed by atoms with van der Waals surface area (Å²) in [6, 6.07) is 7.75. The molecule has 0 bridgehead atoms.